The quantitative estimate of drug-likeness (QED) is 0.167. The van der Waals surface area contributed by atoms with Crippen molar-refractivity contribution in [3.8, 4) is 33.4 Å². The number of anilines is 3. The van der Waals surface area contributed by atoms with Gasteiger partial charge in [0.15, 0.2) is 0 Å². The van der Waals surface area contributed by atoms with E-state index >= 15 is 0 Å². The SMILES string of the molecule is c1ccc(-c2cc3ccccc3cc2-c2ccc(N(c3ccccc3)c3ccc(-c4cc5ccccc5c5ccccc45)cc3)cc2)cc1. The molecule has 9 aromatic rings. The topological polar surface area (TPSA) is 3.24 Å². The second kappa shape index (κ2) is 12.3. The van der Waals surface area contributed by atoms with Gasteiger partial charge in [-0.05, 0) is 120 Å². The number of nitrogens with zero attached hydrogens (tertiary/aromatic N) is 1. The van der Waals surface area contributed by atoms with Gasteiger partial charge in [0.1, 0.15) is 0 Å². The summed E-state index contributed by atoms with van der Waals surface area (Å²) in [5.41, 5.74) is 10.7. The number of fused-ring (bicyclic) bond motifs is 4. The minimum atomic E-state index is 1.11. The number of benzene rings is 9. The Labute approximate surface area is 287 Å². The van der Waals surface area contributed by atoms with Crippen molar-refractivity contribution in [3.05, 3.63) is 200 Å². The smallest absolute Gasteiger partial charge is 0.0462 e. The monoisotopic (exact) mass is 623 g/mol. The zero-order chi connectivity index (χ0) is 32.6. The number of para-hydroxylation sites is 1. The van der Waals surface area contributed by atoms with Crippen molar-refractivity contribution in [1.82, 2.24) is 0 Å². The third-order valence-electron chi connectivity index (χ3n) is 9.63. The van der Waals surface area contributed by atoms with Crippen molar-refractivity contribution in [1.29, 1.82) is 0 Å². The second-order valence-corrected chi connectivity index (χ2v) is 12.6. The summed E-state index contributed by atoms with van der Waals surface area (Å²) in [4.78, 5) is 2.34. The summed E-state index contributed by atoms with van der Waals surface area (Å²) in [6.07, 6.45) is 0. The first-order chi connectivity index (χ1) is 24.3. The highest BCUT2D eigenvalue weighted by Crippen LogP contribution is 2.41. The molecule has 0 aliphatic carbocycles. The first kappa shape index (κ1) is 28.8. The molecule has 0 atom stereocenters. The molecule has 0 aromatic heterocycles. The van der Waals surface area contributed by atoms with Crippen LogP contribution in [-0.2, 0) is 0 Å². The summed E-state index contributed by atoms with van der Waals surface area (Å²) < 4.78 is 0. The lowest BCUT2D eigenvalue weighted by Crippen LogP contribution is -2.09. The van der Waals surface area contributed by atoms with Crippen LogP contribution in [0.3, 0.4) is 0 Å². The Morgan fingerprint density at radius 2 is 0.633 bits per heavy atom. The molecule has 0 heterocycles. The molecule has 9 rings (SSSR count). The van der Waals surface area contributed by atoms with Gasteiger partial charge < -0.3 is 4.90 Å². The molecule has 9 aromatic carbocycles. The van der Waals surface area contributed by atoms with Gasteiger partial charge in [0.05, 0.1) is 0 Å². The average Bonchev–Trinajstić information content (AvgIpc) is 3.18. The minimum absolute atomic E-state index is 1.11. The Morgan fingerprint density at radius 1 is 0.245 bits per heavy atom. The molecule has 0 aliphatic rings. The van der Waals surface area contributed by atoms with Crippen LogP contribution >= 0.6 is 0 Å². The van der Waals surface area contributed by atoms with E-state index in [0.717, 1.165) is 17.1 Å². The van der Waals surface area contributed by atoms with Gasteiger partial charge in [0.2, 0.25) is 0 Å². The van der Waals surface area contributed by atoms with E-state index in [0.29, 0.717) is 0 Å². The van der Waals surface area contributed by atoms with E-state index in [1.165, 1.54) is 65.7 Å². The van der Waals surface area contributed by atoms with Gasteiger partial charge in [0, 0.05) is 17.1 Å². The highest BCUT2D eigenvalue weighted by atomic mass is 15.1. The molecule has 0 unspecified atom stereocenters. The minimum Gasteiger partial charge on any atom is -0.311 e. The molecular formula is C48H33N. The molecule has 0 bridgehead atoms. The molecule has 0 saturated heterocycles. The molecule has 0 amide bonds. The fraction of sp³-hybridized carbons (Fsp3) is 0. The van der Waals surface area contributed by atoms with Crippen molar-refractivity contribution < 1.29 is 0 Å². The van der Waals surface area contributed by atoms with E-state index in [9.17, 15) is 0 Å². The van der Waals surface area contributed by atoms with Crippen LogP contribution in [0.5, 0.6) is 0 Å². The summed E-state index contributed by atoms with van der Waals surface area (Å²) in [6, 6.07) is 72.4. The van der Waals surface area contributed by atoms with Crippen molar-refractivity contribution in [2.45, 2.75) is 0 Å². The predicted octanol–water partition coefficient (Wildman–Crippen LogP) is 13.6. The summed E-state index contributed by atoms with van der Waals surface area (Å²) in [5.74, 6) is 0. The van der Waals surface area contributed by atoms with Crippen LogP contribution in [0.15, 0.2) is 200 Å². The summed E-state index contributed by atoms with van der Waals surface area (Å²) in [7, 11) is 0. The third-order valence-corrected chi connectivity index (χ3v) is 9.63. The van der Waals surface area contributed by atoms with Crippen molar-refractivity contribution in [3.63, 3.8) is 0 Å². The second-order valence-electron chi connectivity index (χ2n) is 12.6. The first-order valence-corrected chi connectivity index (χ1v) is 16.8. The predicted molar refractivity (Wildman–Crippen MR) is 210 cm³/mol. The third kappa shape index (κ3) is 5.32. The molecule has 0 radical (unpaired) electrons. The molecule has 0 aliphatic heterocycles. The zero-order valence-corrected chi connectivity index (χ0v) is 27.0. The molecule has 1 heteroatoms. The maximum Gasteiger partial charge on any atom is 0.0462 e. The Hall–Kier alpha value is -6.44. The molecule has 0 N–H and O–H groups in total. The molecule has 230 valence electrons. The van der Waals surface area contributed by atoms with E-state index in [2.05, 4.69) is 205 Å². The summed E-state index contributed by atoms with van der Waals surface area (Å²) in [5, 5.41) is 7.59. The molecule has 1 nitrogen and oxygen atoms in total. The summed E-state index contributed by atoms with van der Waals surface area (Å²) in [6.45, 7) is 0. The molecule has 49 heavy (non-hydrogen) atoms. The van der Waals surface area contributed by atoms with E-state index in [1.807, 2.05) is 0 Å². The van der Waals surface area contributed by atoms with E-state index in [1.54, 1.807) is 0 Å². The van der Waals surface area contributed by atoms with Gasteiger partial charge in [-0.2, -0.15) is 0 Å². The van der Waals surface area contributed by atoms with Crippen molar-refractivity contribution >= 4 is 49.4 Å². The van der Waals surface area contributed by atoms with Gasteiger partial charge in [-0.1, -0.05) is 146 Å². The maximum atomic E-state index is 2.34. The normalized spacial score (nSPS) is 11.3. The Bertz CT molecular complexity index is 2570. The van der Waals surface area contributed by atoms with Crippen LogP contribution in [0, 0.1) is 0 Å². The molecule has 0 saturated carbocycles. The van der Waals surface area contributed by atoms with Crippen LogP contribution < -0.4 is 4.90 Å². The van der Waals surface area contributed by atoms with Crippen LogP contribution in [0.25, 0.3) is 65.7 Å². The van der Waals surface area contributed by atoms with E-state index < -0.39 is 0 Å². The summed E-state index contributed by atoms with van der Waals surface area (Å²) >= 11 is 0. The lowest BCUT2D eigenvalue weighted by atomic mass is 9.91. The van der Waals surface area contributed by atoms with Crippen molar-refractivity contribution in [2.24, 2.45) is 0 Å². The molecule has 0 spiro atoms. The average molecular weight is 624 g/mol. The van der Waals surface area contributed by atoms with Crippen LogP contribution in [0.4, 0.5) is 17.1 Å². The Morgan fingerprint density at radius 3 is 1.22 bits per heavy atom. The van der Waals surface area contributed by atoms with Crippen LogP contribution in [0.1, 0.15) is 0 Å². The number of hydrogen-bond acceptors (Lipinski definition) is 1. The fourth-order valence-electron chi connectivity index (χ4n) is 7.23. The van der Waals surface area contributed by atoms with Crippen molar-refractivity contribution in [2.75, 3.05) is 4.90 Å². The highest BCUT2D eigenvalue weighted by molar-refractivity contribution is 6.13. The largest absolute Gasteiger partial charge is 0.311 e. The zero-order valence-electron chi connectivity index (χ0n) is 27.0. The van der Waals surface area contributed by atoms with Crippen LogP contribution in [0.2, 0.25) is 0 Å². The van der Waals surface area contributed by atoms with Gasteiger partial charge in [-0.3, -0.25) is 0 Å². The number of hydrogen-bond donors (Lipinski definition) is 0. The lowest BCUT2D eigenvalue weighted by Gasteiger charge is -2.26. The molecule has 0 fully saturated rings. The Kier molecular flexibility index (Phi) is 7.22. The van der Waals surface area contributed by atoms with Gasteiger partial charge >= 0.3 is 0 Å². The molecular weight excluding hydrogens is 591 g/mol. The standard InChI is InChI=1S/C48H33N/c1-3-13-34(14-4-1)47-31-37-15-7-8-16-38(37)32-48(47)36-25-29-42(30-26-36)49(40-18-5-2-6-19-40)41-27-23-35(24-28-41)46-33-39-17-9-10-20-43(39)44-21-11-12-22-45(44)46/h1-33H. The van der Waals surface area contributed by atoms with E-state index in [4.69, 9.17) is 0 Å². The maximum absolute atomic E-state index is 2.34. The van der Waals surface area contributed by atoms with Gasteiger partial charge in [0.25, 0.3) is 0 Å². The van der Waals surface area contributed by atoms with Gasteiger partial charge in [-0.25, -0.2) is 0 Å². The van der Waals surface area contributed by atoms with Crippen LogP contribution in [-0.4, -0.2) is 0 Å². The van der Waals surface area contributed by atoms with Gasteiger partial charge in [-0.15, -0.1) is 0 Å². The number of rotatable bonds is 6. The first-order valence-electron chi connectivity index (χ1n) is 16.8. The lowest BCUT2D eigenvalue weighted by molar-refractivity contribution is 1.28. The fourth-order valence-corrected chi connectivity index (χ4v) is 7.23. The van der Waals surface area contributed by atoms with E-state index in [-0.39, 0.29) is 0 Å². The Balaban J connectivity index is 1.13. The highest BCUT2D eigenvalue weighted by Gasteiger charge is 2.16.